The first-order chi connectivity index (χ1) is 12.3. The summed E-state index contributed by atoms with van der Waals surface area (Å²) in [5.41, 5.74) is 3.72. The van der Waals surface area contributed by atoms with Gasteiger partial charge in [-0.25, -0.2) is 9.67 Å². The molecule has 3 aliphatic rings. The summed E-state index contributed by atoms with van der Waals surface area (Å²) in [5.74, 6) is 0. The molecule has 25 heavy (non-hydrogen) atoms. The van der Waals surface area contributed by atoms with Crippen LogP contribution in [0.2, 0.25) is 0 Å². The van der Waals surface area contributed by atoms with Crippen LogP contribution in [0.3, 0.4) is 0 Å². The third-order valence-electron chi connectivity index (χ3n) is 5.88. The van der Waals surface area contributed by atoms with Crippen LogP contribution in [-0.2, 0) is 38.8 Å². The molecule has 2 aromatic heterocycles. The third kappa shape index (κ3) is 2.95. The highest BCUT2D eigenvalue weighted by atomic mass is 32.1. The molecule has 6 heteroatoms. The number of likely N-dealkylation sites (tertiary alicyclic amines) is 1. The summed E-state index contributed by atoms with van der Waals surface area (Å²) in [7, 11) is 0. The van der Waals surface area contributed by atoms with Crippen molar-refractivity contribution in [1.29, 1.82) is 0 Å². The normalized spacial score (nSPS) is 22.5. The van der Waals surface area contributed by atoms with Crippen LogP contribution in [0.5, 0.6) is 0 Å². The Bertz CT molecular complexity index is 834. The Kier molecular flexibility index (Phi) is 3.97. The number of nitrogens with zero attached hydrogens (tertiary/aromatic N) is 4. The van der Waals surface area contributed by atoms with Crippen molar-refractivity contribution in [3.63, 3.8) is 0 Å². The lowest BCUT2D eigenvalue weighted by molar-refractivity contribution is 0.216. The van der Waals surface area contributed by atoms with E-state index in [0.717, 1.165) is 57.4 Å². The number of hydrogen-bond donors (Lipinski definition) is 0. The van der Waals surface area contributed by atoms with Gasteiger partial charge in [0, 0.05) is 17.0 Å². The number of aryl methyl sites for hydroxylation is 4. The van der Waals surface area contributed by atoms with Crippen LogP contribution in [0, 0.1) is 0 Å². The summed E-state index contributed by atoms with van der Waals surface area (Å²) < 4.78 is 1.72. The van der Waals surface area contributed by atoms with Crippen molar-refractivity contribution in [2.75, 3.05) is 6.54 Å². The van der Waals surface area contributed by atoms with Gasteiger partial charge in [-0.15, -0.1) is 11.3 Å². The first-order valence-corrected chi connectivity index (χ1v) is 10.4. The largest absolute Gasteiger partial charge is 0.292 e. The summed E-state index contributed by atoms with van der Waals surface area (Å²) in [4.78, 5) is 21.3. The molecule has 2 aliphatic carbocycles. The lowest BCUT2D eigenvalue weighted by Gasteiger charge is -2.23. The van der Waals surface area contributed by atoms with Gasteiger partial charge in [0.25, 0.3) is 5.56 Å². The van der Waals surface area contributed by atoms with E-state index in [1.54, 1.807) is 4.68 Å². The van der Waals surface area contributed by atoms with Crippen molar-refractivity contribution < 1.29 is 0 Å². The summed E-state index contributed by atoms with van der Waals surface area (Å²) in [6.07, 6.45) is 9.17. The molecule has 0 N–H and O–H groups in total. The van der Waals surface area contributed by atoms with Gasteiger partial charge >= 0.3 is 0 Å². The molecule has 1 aliphatic heterocycles. The van der Waals surface area contributed by atoms with E-state index in [2.05, 4.69) is 10.00 Å². The number of thiazole rings is 1. The van der Waals surface area contributed by atoms with Crippen molar-refractivity contribution in [2.45, 2.75) is 70.5 Å². The summed E-state index contributed by atoms with van der Waals surface area (Å²) in [5, 5.41) is 5.92. The molecule has 0 aromatic carbocycles. The second-order valence-corrected chi connectivity index (χ2v) is 8.76. The van der Waals surface area contributed by atoms with Gasteiger partial charge in [-0.05, 0) is 63.5 Å². The number of fused-ring (bicyclic) bond motifs is 2. The molecule has 5 rings (SSSR count). The van der Waals surface area contributed by atoms with Crippen LogP contribution in [0.25, 0.3) is 0 Å². The van der Waals surface area contributed by atoms with E-state index in [-0.39, 0.29) is 5.56 Å². The van der Waals surface area contributed by atoms with E-state index in [1.807, 2.05) is 17.4 Å². The van der Waals surface area contributed by atoms with Crippen LogP contribution in [0.1, 0.15) is 52.5 Å². The maximum Gasteiger partial charge on any atom is 0.267 e. The van der Waals surface area contributed by atoms with E-state index in [1.165, 1.54) is 40.4 Å². The van der Waals surface area contributed by atoms with Crippen LogP contribution in [0.15, 0.2) is 10.9 Å². The Morgan fingerprint density at radius 3 is 2.92 bits per heavy atom. The van der Waals surface area contributed by atoms with Gasteiger partial charge < -0.3 is 0 Å². The molecule has 1 fully saturated rings. The molecule has 0 amide bonds. The molecular formula is C19H24N4OS. The highest BCUT2D eigenvalue weighted by molar-refractivity contribution is 7.11. The molecule has 0 bridgehead atoms. The van der Waals surface area contributed by atoms with Crippen LogP contribution >= 0.6 is 11.3 Å². The van der Waals surface area contributed by atoms with Crippen molar-refractivity contribution in [1.82, 2.24) is 19.7 Å². The van der Waals surface area contributed by atoms with E-state index in [9.17, 15) is 4.79 Å². The minimum absolute atomic E-state index is 0.0701. The highest BCUT2D eigenvalue weighted by Crippen LogP contribution is 2.30. The van der Waals surface area contributed by atoms with Gasteiger partial charge in [0.1, 0.15) is 5.01 Å². The average molecular weight is 356 g/mol. The molecule has 3 heterocycles. The van der Waals surface area contributed by atoms with Crippen LogP contribution in [-0.4, -0.2) is 32.3 Å². The molecule has 1 atom stereocenters. The minimum atomic E-state index is 0.0701. The first kappa shape index (κ1) is 15.7. The maximum absolute atomic E-state index is 12.4. The van der Waals surface area contributed by atoms with E-state index in [0.29, 0.717) is 6.04 Å². The number of hydrogen-bond acceptors (Lipinski definition) is 5. The van der Waals surface area contributed by atoms with Crippen molar-refractivity contribution >= 4 is 11.3 Å². The van der Waals surface area contributed by atoms with Gasteiger partial charge in [0.15, 0.2) is 0 Å². The predicted octanol–water partition coefficient (Wildman–Crippen LogP) is 2.34. The van der Waals surface area contributed by atoms with E-state index >= 15 is 0 Å². The zero-order valence-corrected chi connectivity index (χ0v) is 15.4. The molecule has 5 nitrogen and oxygen atoms in total. The fraction of sp³-hybridized carbons (Fsp3) is 0.632. The van der Waals surface area contributed by atoms with Crippen molar-refractivity contribution in [2.24, 2.45) is 0 Å². The Labute approximate surface area is 151 Å². The Morgan fingerprint density at radius 2 is 2.00 bits per heavy atom. The SMILES string of the molecule is O=c1cc2c(nn1CC1CCCN1Cc1nc3c(s1)CCC3)CCC2. The molecule has 0 radical (unpaired) electrons. The minimum Gasteiger partial charge on any atom is -0.292 e. The monoisotopic (exact) mass is 356 g/mol. The molecule has 0 saturated carbocycles. The van der Waals surface area contributed by atoms with E-state index in [4.69, 9.17) is 4.98 Å². The topological polar surface area (TPSA) is 51.0 Å². The molecule has 0 spiro atoms. The van der Waals surface area contributed by atoms with Gasteiger partial charge in [0.2, 0.25) is 0 Å². The summed E-state index contributed by atoms with van der Waals surface area (Å²) in [6, 6.07) is 2.23. The van der Waals surface area contributed by atoms with E-state index < -0.39 is 0 Å². The molecule has 1 unspecified atom stereocenters. The second-order valence-electron chi connectivity index (χ2n) is 7.59. The molecule has 1 saturated heterocycles. The van der Waals surface area contributed by atoms with Crippen LogP contribution < -0.4 is 5.56 Å². The fourth-order valence-corrected chi connectivity index (χ4v) is 5.75. The maximum atomic E-state index is 12.4. The van der Waals surface area contributed by atoms with Gasteiger partial charge in [-0.1, -0.05) is 0 Å². The Hall–Kier alpha value is -1.53. The molecule has 2 aromatic rings. The lowest BCUT2D eigenvalue weighted by atomic mass is 10.2. The van der Waals surface area contributed by atoms with Gasteiger partial charge in [-0.2, -0.15) is 5.10 Å². The second kappa shape index (κ2) is 6.32. The number of rotatable bonds is 4. The van der Waals surface area contributed by atoms with Crippen molar-refractivity contribution in [3.8, 4) is 0 Å². The van der Waals surface area contributed by atoms with Gasteiger partial charge in [0.05, 0.1) is 24.5 Å². The zero-order chi connectivity index (χ0) is 16.8. The lowest BCUT2D eigenvalue weighted by Crippen LogP contribution is -2.37. The Balaban J connectivity index is 1.32. The standard InChI is InChI=1S/C19H24N4OS/c24-19-10-13-4-1-6-15(13)21-23(19)11-14-5-3-9-22(14)12-18-20-16-7-2-8-17(16)25-18/h10,14H,1-9,11-12H2. The predicted molar refractivity (Wildman–Crippen MR) is 98.1 cm³/mol. The smallest absolute Gasteiger partial charge is 0.267 e. The average Bonchev–Trinajstić information content (AvgIpc) is 3.33. The summed E-state index contributed by atoms with van der Waals surface area (Å²) >= 11 is 1.90. The fourth-order valence-electron chi connectivity index (χ4n) is 4.57. The van der Waals surface area contributed by atoms with Gasteiger partial charge in [-0.3, -0.25) is 9.69 Å². The zero-order valence-electron chi connectivity index (χ0n) is 14.5. The highest BCUT2D eigenvalue weighted by Gasteiger charge is 2.28. The number of aromatic nitrogens is 3. The Morgan fingerprint density at radius 1 is 1.12 bits per heavy atom. The van der Waals surface area contributed by atoms with Crippen LogP contribution in [0.4, 0.5) is 0 Å². The molecular weight excluding hydrogens is 332 g/mol. The molecule has 132 valence electrons. The first-order valence-electron chi connectivity index (χ1n) is 9.58. The third-order valence-corrected chi connectivity index (χ3v) is 7.03. The quantitative estimate of drug-likeness (QED) is 0.844. The van der Waals surface area contributed by atoms with Crippen molar-refractivity contribution in [3.05, 3.63) is 43.3 Å². The summed E-state index contributed by atoms with van der Waals surface area (Å²) in [6.45, 7) is 2.76.